The average molecular weight is 547 g/mol. The van der Waals surface area contributed by atoms with Gasteiger partial charge in [-0.15, -0.1) is 0 Å². The molecule has 0 aliphatic rings. The minimum Gasteiger partial charge on any atom is -0.494 e. The van der Waals surface area contributed by atoms with Crippen LogP contribution in [0.3, 0.4) is 0 Å². The minimum atomic E-state index is -0.505. The Labute approximate surface area is 234 Å². The van der Waals surface area contributed by atoms with Gasteiger partial charge in [0.2, 0.25) is 0 Å². The number of fused-ring (bicyclic) bond motifs is 1. The van der Waals surface area contributed by atoms with Gasteiger partial charge in [-0.25, -0.2) is 9.78 Å². The molecule has 0 aliphatic carbocycles. The number of anilines is 1. The Morgan fingerprint density at radius 3 is 2.51 bits per heavy atom. The molecule has 1 aromatic heterocycles. The minimum absolute atomic E-state index is 0.187. The van der Waals surface area contributed by atoms with Gasteiger partial charge in [0.15, 0.2) is 0 Å². The number of urea groups is 1. The lowest BCUT2D eigenvalue weighted by molar-refractivity contribution is 0.187. The summed E-state index contributed by atoms with van der Waals surface area (Å²) in [4.78, 5) is 34.2. The Morgan fingerprint density at radius 2 is 1.79 bits per heavy atom. The second-order valence-corrected chi connectivity index (χ2v) is 9.86. The van der Waals surface area contributed by atoms with Gasteiger partial charge in [-0.05, 0) is 74.9 Å². The fourth-order valence-electron chi connectivity index (χ4n) is 4.62. The van der Waals surface area contributed by atoms with E-state index in [2.05, 4.69) is 12.2 Å². The van der Waals surface area contributed by atoms with Gasteiger partial charge in [-0.3, -0.25) is 9.36 Å². The smallest absolute Gasteiger partial charge is 0.322 e. The summed E-state index contributed by atoms with van der Waals surface area (Å²) in [5.74, 6) is 1.20. The van der Waals surface area contributed by atoms with E-state index in [0.717, 1.165) is 31.4 Å². The van der Waals surface area contributed by atoms with Crippen LogP contribution in [0.4, 0.5) is 10.5 Å². The van der Waals surface area contributed by atoms with Crippen LogP contribution in [0.2, 0.25) is 5.02 Å². The van der Waals surface area contributed by atoms with Crippen molar-refractivity contribution in [3.63, 3.8) is 0 Å². The van der Waals surface area contributed by atoms with Gasteiger partial charge in [0.1, 0.15) is 11.6 Å². The predicted octanol–water partition coefficient (Wildman–Crippen LogP) is 7.61. The normalized spacial score (nSPS) is 11.8. The van der Waals surface area contributed by atoms with E-state index < -0.39 is 6.04 Å². The molecule has 1 unspecified atom stereocenters. The van der Waals surface area contributed by atoms with E-state index in [1.807, 2.05) is 56.3 Å². The highest BCUT2D eigenvalue weighted by molar-refractivity contribution is 6.30. The Bertz CT molecular complexity index is 1470. The number of hydrogen-bond donors (Lipinski definition) is 1. The molecular formula is C31H35ClN4O3. The Morgan fingerprint density at radius 1 is 1.03 bits per heavy atom. The number of ether oxygens (including phenoxy) is 1. The molecule has 1 heterocycles. The zero-order valence-corrected chi connectivity index (χ0v) is 23.4. The molecule has 7 nitrogen and oxygen atoms in total. The van der Waals surface area contributed by atoms with Gasteiger partial charge in [0.05, 0.1) is 29.2 Å². The summed E-state index contributed by atoms with van der Waals surface area (Å²) in [6, 6.07) is 20.9. The monoisotopic (exact) mass is 546 g/mol. The molecule has 204 valence electrons. The molecule has 1 N–H and O–H groups in total. The topological polar surface area (TPSA) is 76.5 Å². The zero-order chi connectivity index (χ0) is 27.8. The lowest BCUT2D eigenvalue weighted by atomic mass is 10.1. The molecular weight excluding hydrogens is 512 g/mol. The molecule has 39 heavy (non-hydrogen) atoms. The number of carbonyl (C=O) groups excluding carboxylic acids is 1. The third-order valence-electron chi connectivity index (χ3n) is 6.64. The first-order valence-electron chi connectivity index (χ1n) is 13.5. The number of unbranched alkanes of at least 4 members (excludes halogenated alkanes) is 3. The first kappa shape index (κ1) is 28.2. The van der Waals surface area contributed by atoms with Crippen LogP contribution < -0.4 is 15.6 Å². The van der Waals surface area contributed by atoms with Crippen molar-refractivity contribution in [1.29, 1.82) is 0 Å². The van der Waals surface area contributed by atoms with E-state index in [1.165, 1.54) is 0 Å². The number of benzene rings is 3. The van der Waals surface area contributed by atoms with Crippen LogP contribution in [0, 0.1) is 0 Å². The maximum Gasteiger partial charge on any atom is 0.322 e. The van der Waals surface area contributed by atoms with Gasteiger partial charge in [-0.2, -0.15) is 0 Å². The summed E-state index contributed by atoms with van der Waals surface area (Å²) < 4.78 is 7.21. The predicted molar refractivity (Wildman–Crippen MR) is 158 cm³/mol. The second-order valence-electron chi connectivity index (χ2n) is 9.43. The number of halogens is 1. The number of para-hydroxylation sites is 1. The number of carbonyl (C=O) groups is 1. The van der Waals surface area contributed by atoms with Gasteiger partial charge in [0.25, 0.3) is 5.56 Å². The summed E-state index contributed by atoms with van der Waals surface area (Å²) in [6.45, 7) is 7.06. The van der Waals surface area contributed by atoms with Crippen molar-refractivity contribution in [1.82, 2.24) is 14.5 Å². The van der Waals surface area contributed by atoms with E-state index in [9.17, 15) is 9.59 Å². The number of aromatic nitrogens is 2. The highest BCUT2D eigenvalue weighted by Gasteiger charge is 2.27. The third-order valence-corrected chi connectivity index (χ3v) is 6.87. The fourth-order valence-corrected chi connectivity index (χ4v) is 4.81. The maximum absolute atomic E-state index is 13.8. The Kier molecular flexibility index (Phi) is 9.60. The van der Waals surface area contributed by atoms with Crippen molar-refractivity contribution < 1.29 is 9.53 Å². The van der Waals surface area contributed by atoms with Gasteiger partial charge in [0, 0.05) is 17.3 Å². The maximum atomic E-state index is 13.8. The SMILES string of the molecule is CCCCCCN(C(=O)Nc1cccc(Cl)c1)C(C)c1nc2ccccc2c(=O)n1-c1ccc(OCC)cc1. The quantitative estimate of drug-likeness (QED) is 0.196. The molecule has 3 aromatic carbocycles. The van der Waals surface area contributed by atoms with Crippen molar-refractivity contribution in [2.24, 2.45) is 0 Å². The molecule has 0 saturated carbocycles. The largest absolute Gasteiger partial charge is 0.494 e. The molecule has 0 fully saturated rings. The van der Waals surface area contributed by atoms with Gasteiger partial charge >= 0.3 is 6.03 Å². The van der Waals surface area contributed by atoms with E-state index >= 15 is 0 Å². The highest BCUT2D eigenvalue weighted by atomic mass is 35.5. The van der Waals surface area contributed by atoms with Crippen LogP contribution in [0.15, 0.2) is 77.6 Å². The number of amides is 2. The first-order chi connectivity index (χ1) is 18.9. The molecule has 8 heteroatoms. The van der Waals surface area contributed by atoms with Crippen molar-refractivity contribution in [2.45, 2.75) is 52.5 Å². The van der Waals surface area contributed by atoms with E-state index in [4.69, 9.17) is 21.3 Å². The molecule has 0 spiro atoms. The molecule has 4 aromatic rings. The van der Waals surface area contributed by atoms with Crippen molar-refractivity contribution >= 4 is 34.2 Å². The van der Waals surface area contributed by atoms with Crippen LogP contribution in [-0.2, 0) is 0 Å². The lowest BCUT2D eigenvalue weighted by Crippen LogP contribution is -2.40. The van der Waals surface area contributed by atoms with Crippen LogP contribution in [-0.4, -0.2) is 33.6 Å². The molecule has 0 aliphatic heterocycles. The lowest BCUT2D eigenvalue weighted by Gasteiger charge is -2.31. The van der Waals surface area contributed by atoms with Crippen molar-refractivity contribution in [3.05, 3.63) is 94.0 Å². The summed E-state index contributed by atoms with van der Waals surface area (Å²) in [5, 5.41) is 4.03. The molecule has 4 rings (SSSR count). The zero-order valence-electron chi connectivity index (χ0n) is 22.7. The van der Waals surface area contributed by atoms with Crippen LogP contribution in [0.5, 0.6) is 5.75 Å². The fraction of sp³-hybridized carbons (Fsp3) is 0.323. The van der Waals surface area contributed by atoms with Crippen LogP contribution in [0.1, 0.15) is 58.3 Å². The number of nitrogens with zero attached hydrogens (tertiary/aromatic N) is 3. The van der Waals surface area contributed by atoms with E-state index in [-0.39, 0.29) is 11.6 Å². The van der Waals surface area contributed by atoms with Crippen LogP contribution >= 0.6 is 11.6 Å². The summed E-state index contributed by atoms with van der Waals surface area (Å²) in [6.07, 6.45) is 4.01. The van der Waals surface area contributed by atoms with Crippen molar-refractivity contribution in [2.75, 3.05) is 18.5 Å². The summed E-state index contributed by atoms with van der Waals surface area (Å²) in [7, 11) is 0. The average Bonchev–Trinajstić information content (AvgIpc) is 2.93. The van der Waals surface area contributed by atoms with Crippen molar-refractivity contribution in [3.8, 4) is 11.4 Å². The molecule has 0 bridgehead atoms. The number of nitrogens with one attached hydrogen (secondary N) is 1. The van der Waals surface area contributed by atoms with Gasteiger partial charge in [-0.1, -0.05) is 56.0 Å². The highest BCUT2D eigenvalue weighted by Crippen LogP contribution is 2.26. The Hall–Kier alpha value is -3.84. The first-order valence-corrected chi connectivity index (χ1v) is 13.9. The second kappa shape index (κ2) is 13.3. The molecule has 0 radical (unpaired) electrons. The van der Waals surface area contributed by atoms with Gasteiger partial charge < -0.3 is 15.0 Å². The van der Waals surface area contributed by atoms with Crippen LogP contribution in [0.25, 0.3) is 16.6 Å². The van der Waals surface area contributed by atoms with E-state index in [0.29, 0.717) is 46.3 Å². The molecule has 0 saturated heterocycles. The third kappa shape index (κ3) is 6.79. The standard InChI is InChI=1S/C31H35ClN4O3/c1-4-6-7-10-20-35(31(38)33-24-13-11-12-23(32)21-24)22(3)29-34-28-15-9-8-14-27(28)30(37)36(29)25-16-18-26(19-17-25)39-5-2/h8-9,11-19,21-22H,4-7,10,20H2,1-3H3,(H,33,38). The summed E-state index contributed by atoms with van der Waals surface area (Å²) in [5.41, 5.74) is 1.67. The number of rotatable bonds is 11. The van der Waals surface area contributed by atoms with E-state index in [1.54, 1.807) is 39.8 Å². The Balaban J connectivity index is 1.78. The molecule has 2 amide bonds. The summed E-state index contributed by atoms with van der Waals surface area (Å²) >= 11 is 6.16. The number of hydrogen-bond acceptors (Lipinski definition) is 4. The molecule has 1 atom stereocenters.